The number of carbonyl (C=O) groups excluding carboxylic acids is 4. The summed E-state index contributed by atoms with van der Waals surface area (Å²) in [5.74, 6) is 1.26. The summed E-state index contributed by atoms with van der Waals surface area (Å²) in [6.07, 6.45) is 18.2. The second-order valence-electron chi connectivity index (χ2n) is 25.3. The molecule has 4 amide bonds. The molecule has 2 aliphatic carbocycles. The maximum absolute atomic E-state index is 13.0. The number of carbonyl (C=O) groups is 5. The Hall–Kier alpha value is -9.33. The minimum atomic E-state index is -1.02. The smallest absolute Gasteiger partial charge is 0.410 e. The fourth-order valence-corrected chi connectivity index (χ4v) is 11.7. The molecule has 3 aromatic heterocycles. The molecule has 0 fully saturated rings. The number of rotatable bonds is 10. The first kappa shape index (κ1) is 71.1. The standard InChI is InChI=1S/C30H34N4O3.C25H26N4O.C16H21N3O4.2CH4.ClH/c1-30(2,3)37-29(36)34-15-14-31-28-24(19-34)16-20(17-32-28)8-13-26(35)33(4)18-23-12-11-22-10-9-21-6-5-7-25(23)27(21)22;1-29(16-20-9-8-19-7-6-18-3-2-4-22(20)24(18)19)23(30)10-5-17-13-21-15-26-11-12-27-25(21)28-14-17;1-16(2,3)23-15(22)19-7-6-17-14-12(10-19)8-11(9-18-14)4-5-13(20)21;;;/h5-8,11-13,16-17H,9-10,14-15,18-19H2,1-4H3,(H,31,32);2-5,8-10,13-14,26H,6-7,11-12,15-16H2,1H3,(H,27,28);4-5,8-9H,6-7,10H2,1-3H3,(H,17,18)(H,20,21);2*1H4;1H/b13-8+;10-5+;5-4+;;;. The Morgan fingerprint density at radius 2 is 0.914 bits per heavy atom. The number of carboxylic acid groups (broad SMARTS) is 1. The molecule has 12 rings (SSSR count). The normalized spacial score (nSPS) is 14.5. The zero-order valence-electron chi connectivity index (χ0n) is 53.2. The largest absolute Gasteiger partial charge is 0.478 e. The highest BCUT2D eigenvalue weighted by atomic mass is 35.5. The molecule has 93 heavy (non-hydrogen) atoms. The first-order valence-electron chi connectivity index (χ1n) is 30.8. The molecule has 492 valence electrons. The minimum Gasteiger partial charge on any atom is -0.478 e. The molecule has 6 heterocycles. The van der Waals surface area contributed by atoms with Crippen LogP contribution in [-0.2, 0) is 82.3 Å². The summed E-state index contributed by atoms with van der Waals surface area (Å²) in [5.41, 5.74) is 12.2. The van der Waals surface area contributed by atoms with Crippen molar-refractivity contribution in [3.05, 3.63) is 182 Å². The zero-order valence-corrected chi connectivity index (χ0v) is 54.0. The summed E-state index contributed by atoms with van der Waals surface area (Å²) in [6.45, 7) is 17.7. The fraction of sp³-hybridized carbons (Fsp3) is 0.370. The Morgan fingerprint density at radius 3 is 1.33 bits per heavy atom. The lowest BCUT2D eigenvalue weighted by Gasteiger charge is -2.26. The Morgan fingerprint density at radius 1 is 0.527 bits per heavy atom. The van der Waals surface area contributed by atoms with E-state index in [0.29, 0.717) is 63.7 Å². The molecular weight excluding hydrogens is 1190 g/mol. The van der Waals surface area contributed by atoms with Crippen LogP contribution in [0.5, 0.6) is 0 Å². The molecule has 3 aliphatic heterocycles. The summed E-state index contributed by atoms with van der Waals surface area (Å²) < 4.78 is 11.0. The van der Waals surface area contributed by atoms with E-state index in [0.717, 1.165) is 96.4 Å². The van der Waals surface area contributed by atoms with Crippen LogP contribution in [0.2, 0.25) is 0 Å². The van der Waals surface area contributed by atoms with Gasteiger partial charge in [0.25, 0.3) is 0 Å². The van der Waals surface area contributed by atoms with E-state index in [1.165, 1.54) is 55.4 Å². The average molecular weight is 1290 g/mol. The van der Waals surface area contributed by atoms with Gasteiger partial charge in [-0.3, -0.25) is 9.59 Å². The van der Waals surface area contributed by atoms with Gasteiger partial charge >= 0.3 is 18.2 Å². The van der Waals surface area contributed by atoms with Crippen LogP contribution in [0.3, 0.4) is 0 Å². The number of likely N-dealkylation sites (N-methyl/N-ethyl adjacent to an activating group) is 2. The average Bonchev–Trinajstić information content (AvgIpc) is 1.68. The number of fused-ring (bicyclic) bond motifs is 3. The second-order valence-corrected chi connectivity index (χ2v) is 25.3. The molecule has 4 aromatic carbocycles. The number of nitrogens with one attached hydrogen (secondary N) is 4. The number of benzene rings is 4. The van der Waals surface area contributed by atoms with E-state index in [9.17, 15) is 24.0 Å². The van der Waals surface area contributed by atoms with Gasteiger partial charge in [-0.1, -0.05) is 75.5 Å². The van der Waals surface area contributed by atoms with Crippen molar-refractivity contribution in [3.63, 3.8) is 0 Å². The molecule has 0 spiro atoms. The third-order valence-corrected chi connectivity index (χ3v) is 16.0. The van der Waals surface area contributed by atoms with Gasteiger partial charge in [-0.05, 0) is 175 Å². The maximum Gasteiger partial charge on any atom is 0.410 e. The summed E-state index contributed by atoms with van der Waals surface area (Å²) in [6, 6.07) is 27.6. The lowest BCUT2D eigenvalue weighted by Crippen LogP contribution is -2.37. The molecule has 0 unspecified atom stereocenters. The number of aryl methyl sites for hydroxylation is 4. The zero-order chi connectivity index (χ0) is 63.7. The maximum atomic E-state index is 13.0. The number of nitrogens with zero attached hydrogens (tertiary/aromatic N) is 7. The van der Waals surface area contributed by atoms with Crippen molar-refractivity contribution in [1.29, 1.82) is 0 Å². The number of aliphatic carboxylic acids is 1. The molecule has 0 saturated carbocycles. The molecule has 0 saturated heterocycles. The minimum absolute atomic E-state index is 0. The van der Waals surface area contributed by atoms with Crippen molar-refractivity contribution in [1.82, 2.24) is 39.9 Å². The molecular formula is C73H90ClN11O8. The Balaban J connectivity index is 0.000000200. The lowest BCUT2D eigenvalue weighted by atomic mass is 9.99. The number of anilines is 3. The number of aromatic nitrogens is 3. The van der Waals surface area contributed by atoms with Crippen molar-refractivity contribution in [3.8, 4) is 0 Å². The number of pyridine rings is 3. The number of hydrogen-bond acceptors (Lipinski definition) is 14. The summed E-state index contributed by atoms with van der Waals surface area (Å²) in [4.78, 5) is 81.3. The van der Waals surface area contributed by atoms with Gasteiger partial charge in [-0.15, -0.1) is 12.4 Å². The van der Waals surface area contributed by atoms with Gasteiger partial charge in [-0.25, -0.2) is 29.3 Å². The fourth-order valence-electron chi connectivity index (χ4n) is 11.7. The molecule has 0 radical (unpaired) electrons. The van der Waals surface area contributed by atoms with Crippen LogP contribution in [0.1, 0.15) is 123 Å². The van der Waals surface area contributed by atoms with Crippen molar-refractivity contribution >= 4 is 99.6 Å². The van der Waals surface area contributed by atoms with E-state index in [2.05, 4.69) is 103 Å². The molecule has 0 atom stereocenters. The van der Waals surface area contributed by atoms with E-state index in [1.807, 2.05) is 80.0 Å². The highest BCUT2D eigenvalue weighted by molar-refractivity contribution is 5.96. The van der Waals surface area contributed by atoms with Crippen LogP contribution in [-0.4, -0.2) is 134 Å². The van der Waals surface area contributed by atoms with Gasteiger partial charge in [0.15, 0.2) is 0 Å². The van der Waals surface area contributed by atoms with Crippen LogP contribution in [0.15, 0.2) is 116 Å². The third-order valence-electron chi connectivity index (χ3n) is 16.0. The first-order chi connectivity index (χ1) is 43.1. The number of amides is 4. The van der Waals surface area contributed by atoms with E-state index >= 15 is 0 Å². The van der Waals surface area contributed by atoms with Crippen molar-refractivity contribution in [2.45, 2.75) is 126 Å². The SMILES string of the molecule is C.C.CC(C)(C)OC(=O)N1CCNc2ncc(/C=C/C(=O)O)cc2C1.CN(Cc1ccc2c3c(cccc13)CC2)C(=O)/C=C/c1cnc2c(c1)CN(C(=O)OC(C)(C)C)CCN2.CN(Cc1ccc2c3c(cccc13)CC2)C(=O)/C=C/c1cnc2c(c1)CNCCN2.Cl. The van der Waals surface area contributed by atoms with Crippen LogP contribution < -0.4 is 21.3 Å². The second kappa shape index (κ2) is 31.3. The van der Waals surface area contributed by atoms with Gasteiger partial charge in [0, 0.05) is 127 Å². The quantitative estimate of drug-likeness (QED) is 0.0803. The summed E-state index contributed by atoms with van der Waals surface area (Å²) in [5, 5.41) is 27.1. The van der Waals surface area contributed by atoms with E-state index in [-0.39, 0.29) is 51.3 Å². The Labute approximate surface area is 553 Å². The van der Waals surface area contributed by atoms with Crippen LogP contribution in [0.4, 0.5) is 27.0 Å². The summed E-state index contributed by atoms with van der Waals surface area (Å²) in [7, 11) is 3.69. The van der Waals surface area contributed by atoms with Crippen LogP contribution >= 0.6 is 12.4 Å². The molecule has 5 N–H and O–H groups in total. The third kappa shape index (κ3) is 18.5. The van der Waals surface area contributed by atoms with E-state index < -0.39 is 17.2 Å². The Kier molecular flexibility index (Phi) is 24.0. The van der Waals surface area contributed by atoms with Gasteiger partial charge in [-0.2, -0.15) is 0 Å². The predicted molar refractivity (Wildman–Crippen MR) is 374 cm³/mol. The lowest BCUT2D eigenvalue weighted by molar-refractivity contribution is -0.131. The van der Waals surface area contributed by atoms with Gasteiger partial charge in [0.05, 0.1) is 13.1 Å². The first-order valence-corrected chi connectivity index (χ1v) is 30.8. The molecule has 20 heteroatoms. The Bertz CT molecular complexity index is 3950. The molecule has 19 nitrogen and oxygen atoms in total. The van der Waals surface area contributed by atoms with Crippen molar-refractivity contribution in [2.75, 3.05) is 69.3 Å². The topological polar surface area (TPSA) is 224 Å². The summed E-state index contributed by atoms with van der Waals surface area (Å²) >= 11 is 0. The highest BCUT2D eigenvalue weighted by Crippen LogP contribution is 2.35. The monoisotopic (exact) mass is 1280 g/mol. The van der Waals surface area contributed by atoms with E-state index in [4.69, 9.17) is 14.6 Å². The number of carboxylic acids is 1. The van der Waals surface area contributed by atoms with Crippen LogP contribution in [0.25, 0.3) is 39.8 Å². The van der Waals surface area contributed by atoms with Gasteiger partial charge in [0.2, 0.25) is 11.8 Å². The van der Waals surface area contributed by atoms with Gasteiger partial charge in [0.1, 0.15) is 28.7 Å². The predicted octanol–water partition coefficient (Wildman–Crippen LogP) is 12.7. The number of hydrogen-bond donors (Lipinski definition) is 5. The molecule has 5 aliphatic rings. The molecule has 0 bridgehead atoms. The number of halogens is 1. The number of ether oxygens (including phenoxy) is 2. The van der Waals surface area contributed by atoms with Crippen molar-refractivity contribution in [2.24, 2.45) is 0 Å². The van der Waals surface area contributed by atoms with Gasteiger partial charge < -0.3 is 55.4 Å². The van der Waals surface area contributed by atoms with Crippen LogP contribution in [0, 0.1) is 0 Å². The highest BCUT2D eigenvalue weighted by Gasteiger charge is 2.28. The molecule has 7 aromatic rings. The van der Waals surface area contributed by atoms with Crippen molar-refractivity contribution < 1.29 is 38.6 Å². The van der Waals surface area contributed by atoms with E-state index in [1.54, 1.807) is 50.2 Å².